The van der Waals surface area contributed by atoms with Gasteiger partial charge in [0.1, 0.15) is 25.6 Å². The van der Waals surface area contributed by atoms with Crippen molar-refractivity contribution in [3.05, 3.63) is 49.6 Å². The van der Waals surface area contributed by atoms with Crippen LogP contribution >= 0.6 is 0 Å². The number of methoxy groups -OCH3 is 1. The van der Waals surface area contributed by atoms with Crippen LogP contribution in [0.25, 0.3) is 0 Å². The summed E-state index contributed by atoms with van der Waals surface area (Å²) in [6.45, 7) is 11.5. The molecule has 0 bridgehead atoms. The molecule has 0 spiro atoms. The summed E-state index contributed by atoms with van der Waals surface area (Å²) in [5, 5.41) is 10.1. The van der Waals surface area contributed by atoms with Crippen LogP contribution < -0.4 is 0 Å². The number of ether oxygens (including phenoxy) is 4. The monoisotopic (exact) mass is 394 g/mol. The maximum absolute atomic E-state index is 12.2. The SMILES string of the molecule is C=CC[C@H]1CCCC(=C)CC(OCOC)/C=C/CC(C(O)C=C)OC(=O)CO1. The van der Waals surface area contributed by atoms with Gasteiger partial charge < -0.3 is 24.1 Å². The van der Waals surface area contributed by atoms with Crippen LogP contribution in [-0.2, 0) is 23.7 Å². The minimum atomic E-state index is -0.971. The van der Waals surface area contributed by atoms with E-state index in [9.17, 15) is 9.90 Å². The standard InChI is InChI=1S/C22H34O6/c1-5-9-18-11-7-10-17(3)14-19(27-16-25-4)12-8-13-21(20(23)6-2)28-22(24)15-26-18/h5-6,8,12,18-21,23H,1-3,7,9-11,13-16H2,4H3/b12-8+/t18-,19?,20?,21?/m0/s1. The lowest BCUT2D eigenvalue weighted by Crippen LogP contribution is -2.31. The lowest BCUT2D eigenvalue weighted by molar-refractivity contribution is -0.160. The second kappa shape index (κ2) is 14.3. The van der Waals surface area contributed by atoms with Crippen LogP contribution in [-0.4, -0.2) is 56.0 Å². The van der Waals surface area contributed by atoms with Gasteiger partial charge in [0, 0.05) is 13.5 Å². The zero-order chi connectivity index (χ0) is 20.8. The first-order chi connectivity index (χ1) is 13.5. The van der Waals surface area contributed by atoms with Gasteiger partial charge in [0.15, 0.2) is 0 Å². The van der Waals surface area contributed by atoms with E-state index >= 15 is 0 Å². The predicted octanol–water partition coefficient (Wildman–Crippen LogP) is 3.47. The molecule has 1 aliphatic rings. The Hall–Kier alpha value is -1.73. The first kappa shape index (κ1) is 24.3. The first-order valence-corrected chi connectivity index (χ1v) is 9.66. The van der Waals surface area contributed by atoms with Gasteiger partial charge in [0.25, 0.3) is 0 Å². The van der Waals surface area contributed by atoms with E-state index in [0.717, 1.165) is 24.8 Å². The van der Waals surface area contributed by atoms with Gasteiger partial charge in [-0.05, 0) is 32.1 Å². The average molecular weight is 395 g/mol. The molecule has 4 atom stereocenters. The molecule has 158 valence electrons. The van der Waals surface area contributed by atoms with Crippen LogP contribution in [0.1, 0.15) is 38.5 Å². The fraction of sp³-hybridized carbons (Fsp3) is 0.591. The van der Waals surface area contributed by atoms with E-state index in [-0.39, 0.29) is 25.6 Å². The number of hydrogen-bond acceptors (Lipinski definition) is 6. The molecule has 0 fully saturated rings. The number of rotatable bonds is 7. The van der Waals surface area contributed by atoms with E-state index < -0.39 is 18.2 Å². The lowest BCUT2D eigenvalue weighted by atomic mass is 10.0. The van der Waals surface area contributed by atoms with E-state index in [1.807, 2.05) is 12.2 Å². The number of carbonyl (C=O) groups excluding carboxylic acids is 1. The largest absolute Gasteiger partial charge is 0.457 e. The van der Waals surface area contributed by atoms with Crippen molar-refractivity contribution in [2.24, 2.45) is 0 Å². The van der Waals surface area contributed by atoms with Crippen LogP contribution in [0.5, 0.6) is 0 Å². The molecular formula is C22H34O6. The molecule has 0 aromatic heterocycles. The molecule has 1 aliphatic heterocycles. The quantitative estimate of drug-likeness (QED) is 0.405. The Kier molecular flexibility index (Phi) is 12.4. The number of esters is 1. The van der Waals surface area contributed by atoms with Gasteiger partial charge in [-0.1, -0.05) is 36.5 Å². The van der Waals surface area contributed by atoms with Gasteiger partial charge in [-0.25, -0.2) is 4.79 Å². The van der Waals surface area contributed by atoms with Crippen molar-refractivity contribution in [3.63, 3.8) is 0 Å². The number of hydrogen-bond donors (Lipinski definition) is 1. The predicted molar refractivity (Wildman–Crippen MR) is 109 cm³/mol. The van der Waals surface area contributed by atoms with Crippen molar-refractivity contribution in [2.75, 3.05) is 20.5 Å². The fourth-order valence-electron chi connectivity index (χ4n) is 2.92. The highest BCUT2D eigenvalue weighted by atomic mass is 16.7. The molecule has 0 amide bonds. The highest BCUT2D eigenvalue weighted by Gasteiger charge is 2.21. The molecule has 0 aliphatic carbocycles. The first-order valence-electron chi connectivity index (χ1n) is 9.66. The highest BCUT2D eigenvalue weighted by molar-refractivity contribution is 5.71. The van der Waals surface area contributed by atoms with Crippen molar-refractivity contribution in [1.82, 2.24) is 0 Å². The molecule has 3 unspecified atom stereocenters. The minimum Gasteiger partial charge on any atom is -0.457 e. The van der Waals surface area contributed by atoms with Crippen LogP contribution in [0.3, 0.4) is 0 Å². The van der Waals surface area contributed by atoms with Crippen molar-refractivity contribution >= 4 is 5.97 Å². The number of carbonyl (C=O) groups is 1. The molecule has 0 radical (unpaired) electrons. The third-order valence-electron chi connectivity index (χ3n) is 4.44. The molecule has 1 heterocycles. The number of cyclic esters (lactones) is 1. The Morgan fingerprint density at radius 1 is 1.43 bits per heavy atom. The summed E-state index contributed by atoms with van der Waals surface area (Å²) in [6, 6.07) is 0. The summed E-state index contributed by atoms with van der Waals surface area (Å²) >= 11 is 0. The van der Waals surface area contributed by atoms with E-state index in [4.69, 9.17) is 18.9 Å². The van der Waals surface area contributed by atoms with Gasteiger partial charge in [0.05, 0.1) is 12.2 Å². The Labute approximate surface area is 168 Å². The van der Waals surface area contributed by atoms with Gasteiger partial charge in [-0.3, -0.25) is 0 Å². The molecule has 0 aromatic carbocycles. The van der Waals surface area contributed by atoms with E-state index in [2.05, 4.69) is 19.7 Å². The summed E-state index contributed by atoms with van der Waals surface area (Å²) in [5.41, 5.74) is 1.08. The van der Waals surface area contributed by atoms with E-state index in [1.165, 1.54) is 6.08 Å². The summed E-state index contributed by atoms with van der Waals surface area (Å²) in [7, 11) is 1.57. The normalized spacial score (nSPS) is 27.7. The topological polar surface area (TPSA) is 74.2 Å². The lowest BCUT2D eigenvalue weighted by Gasteiger charge is -2.21. The van der Waals surface area contributed by atoms with Crippen molar-refractivity contribution in [1.29, 1.82) is 0 Å². The molecule has 0 saturated carbocycles. The van der Waals surface area contributed by atoms with Crippen molar-refractivity contribution < 1.29 is 28.8 Å². The molecule has 1 N–H and O–H groups in total. The molecule has 0 saturated heterocycles. The Morgan fingerprint density at radius 2 is 2.21 bits per heavy atom. The second-order valence-electron chi connectivity index (χ2n) is 6.83. The Balaban J connectivity index is 2.91. The maximum atomic E-state index is 12.2. The smallest absolute Gasteiger partial charge is 0.332 e. The van der Waals surface area contributed by atoms with Gasteiger partial charge >= 0.3 is 5.97 Å². The van der Waals surface area contributed by atoms with E-state index in [0.29, 0.717) is 19.3 Å². The molecular weight excluding hydrogens is 360 g/mol. The molecule has 28 heavy (non-hydrogen) atoms. The fourth-order valence-corrected chi connectivity index (χ4v) is 2.92. The van der Waals surface area contributed by atoms with Crippen LogP contribution in [0.4, 0.5) is 0 Å². The third-order valence-corrected chi connectivity index (χ3v) is 4.44. The van der Waals surface area contributed by atoms with Crippen LogP contribution in [0.2, 0.25) is 0 Å². The summed E-state index contributed by atoms with van der Waals surface area (Å²) in [6.07, 6.45) is 9.01. The van der Waals surface area contributed by atoms with E-state index in [1.54, 1.807) is 13.2 Å². The zero-order valence-corrected chi connectivity index (χ0v) is 16.9. The van der Waals surface area contributed by atoms with Gasteiger partial charge in [0.2, 0.25) is 0 Å². The summed E-state index contributed by atoms with van der Waals surface area (Å²) < 4.78 is 21.8. The number of aliphatic hydroxyl groups excluding tert-OH is 1. The van der Waals surface area contributed by atoms with Crippen LogP contribution in [0, 0.1) is 0 Å². The molecule has 1 rings (SSSR count). The van der Waals surface area contributed by atoms with Crippen LogP contribution in [0.15, 0.2) is 49.6 Å². The molecule has 0 aromatic rings. The maximum Gasteiger partial charge on any atom is 0.332 e. The summed E-state index contributed by atoms with van der Waals surface area (Å²) in [4.78, 5) is 12.2. The second-order valence-corrected chi connectivity index (χ2v) is 6.83. The zero-order valence-electron chi connectivity index (χ0n) is 16.9. The highest BCUT2D eigenvalue weighted by Crippen LogP contribution is 2.19. The van der Waals surface area contributed by atoms with Crippen molar-refractivity contribution in [2.45, 2.75) is 62.9 Å². The minimum absolute atomic E-state index is 0.107. The third kappa shape index (κ3) is 9.99. The Bertz CT molecular complexity index is 527. The summed E-state index contributed by atoms with van der Waals surface area (Å²) in [5.74, 6) is -0.514. The van der Waals surface area contributed by atoms with Gasteiger partial charge in [-0.15, -0.1) is 13.2 Å². The molecule has 6 nitrogen and oxygen atoms in total. The Morgan fingerprint density at radius 3 is 2.89 bits per heavy atom. The van der Waals surface area contributed by atoms with Gasteiger partial charge in [-0.2, -0.15) is 0 Å². The molecule has 6 heteroatoms. The average Bonchev–Trinajstić information content (AvgIpc) is 2.68. The number of aliphatic hydroxyl groups is 1. The van der Waals surface area contributed by atoms with Crippen molar-refractivity contribution in [3.8, 4) is 0 Å².